The van der Waals surface area contributed by atoms with Crippen LogP contribution in [0.4, 0.5) is 17.6 Å². The molecule has 0 bridgehead atoms. The predicted octanol–water partition coefficient (Wildman–Crippen LogP) is 6.95. The van der Waals surface area contributed by atoms with E-state index >= 15 is 0 Å². The lowest BCUT2D eigenvalue weighted by Crippen LogP contribution is -2.37. The number of hydrogen-bond donors (Lipinski definition) is 0. The van der Waals surface area contributed by atoms with Gasteiger partial charge in [-0.05, 0) is 67.1 Å². The van der Waals surface area contributed by atoms with Gasteiger partial charge in [0.2, 0.25) is 0 Å². The van der Waals surface area contributed by atoms with Crippen LogP contribution in [-0.4, -0.2) is 20.4 Å². The molecule has 40 heavy (non-hydrogen) atoms. The van der Waals surface area contributed by atoms with Crippen LogP contribution in [0, 0.1) is 5.82 Å². The molecule has 0 N–H and O–H groups in total. The molecule has 1 atom stereocenters. The average molecular weight is 546 g/mol. The molecule has 5 nitrogen and oxygen atoms in total. The van der Waals surface area contributed by atoms with Gasteiger partial charge in [0.25, 0.3) is 11.5 Å². The molecular weight excluding hydrogens is 522 g/mol. The maximum atomic E-state index is 13.9. The van der Waals surface area contributed by atoms with Crippen LogP contribution >= 0.6 is 0 Å². The number of rotatable bonds is 6. The minimum absolute atomic E-state index is 0.0310. The van der Waals surface area contributed by atoms with Gasteiger partial charge in [-0.1, -0.05) is 48.5 Å². The van der Waals surface area contributed by atoms with E-state index in [1.807, 2.05) is 6.07 Å². The molecule has 0 fully saturated rings. The number of hydrogen-bond acceptors (Lipinski definition) is 3. The first-order chi connectivity index (χ1) is 19.1. The summed E-state index contributed by atoms with van der Waals surface area (Å²) in [5.74, 6) is -0.993. The largest absolute Gasteiger partial charge is 0.416 e. The van der Waals surface area contributed by atoms with E-state index in [0.717, 1.165) is 17.7 Å². The van der Waals surface area contributed by atoms with Gasteiger partial charge in [-0.2, -0.15) is 13.2 Å². The third-order valence-corrected chi connectivity index (χ3v) is 6.62. The first-order valence-electron chi connectivity index (χ1n) is 12.4. The van der Waals surface area contributed by atoms with Crippen molar-refractivity contribution in [3.63, 3.8) is 0 Å². The lowest BCUT2D eigenvalue weighted by Gasteiger charge is -2.31. The van der Waals surface area contributed by atoms with Crippen molar-refractivity contribution < 1.29 is 22.4 Å². The van der Waals surface area contributed by atoms with Crippen LogP contribution in [0.5, 0.6) is 0 Å². The number of nitrogens with zero attached hydrogens (tertiary/aromatic N) is 3. The van der Waals surface area contributed by atoms with Gasteiger partial charge in [0.1, 0.15) is 11.6 Å². The van der Waals surface area contributed by atoms with Crippen LogP contribution in [0.3, 0.4) is 0 Å². The van der Waals surface area contributed by atoms with Crippen molar-refractivity contribution in [1.82, 2.24) is 14.5 Å². The minimum atomic E-state index is -4.63. The number of halogens is 4. The molecule has 1 heterocycles. The third kappa shape index (κ3) is 5.36. The highest BCUT2D eigenvalue weighted by molar-refractivity contribution is 5.94. The first-order valence-corrected chi connectivity index (χ1v) is 12.4. The molecule has 0 radical (unpaired) electrons. The fourth-order valence-corrected chi connectivity index (χ4v) is 4.57. The molecule has 1 amide bonds. The number of fused-ring (bicyclic) bond motifs is 1. The highest BCUT2D eigenvalue weighted by Gasteiger charge is 2.33. The monoisotopic (exact) mass is 545 g/mol. The van der Waals surface area contributed by atoms with Gasteiger partial charge < -0.3 is 4.90 Å². The van der Waals surface area contributed by atoms with Gasteiger partial charge >= 0.3 is 6.18 Å². The Hall–Kier alpha value is -4.79. The molecule has 0 aliphatic carbocycles. The summed E-state index contributed by atoms with van der Waals surface area (Å²) in [5, 5.41) is 0.321. The van der Waals surface area contributed by atoms with Crippen LogP contribution in [0.15, 0.2) is 108 Å². The second-order valence-corrected chi connectivity index (χ2v) is 9.28. The Morgan fingerprint density at radius 3 is 2.27 bits per heavy atom. The maximum Gasteiger partial charge on any atom is 0.416 e. The standard InChI is InChI=1S/C31H23F4N3O2/c1-20(28-36-27-13-6-5-12-26(27)30(40)38(28)25-16-14-24(32)15-17-25)37(19-21-8-3-2-4-9-21)29(39)22-10-7-11-23(18-22)31(33,34)35/h2-18,20H,19H2,1H3. The summed E-state index contributed by atoms with van der Waals surface area (Å²) in [5.41, 5.74) is -0.0836. The second-order valence-electron chi connectivity index (χ2n) is 9.28. The van der Waals surface area contributed by atoms with Crippen LogP contribution < -0.4 is 5.56 Å². The molecule has 4 aromatic carbocycles. The topological polar surface area (TPSA) is 55.2 Å². The Balaban J connectivity index is 1.69. The molecule has 0 spiro atoms. The lowest BCUT2D eigenvalue weighted by molar-refractivity contribution is -0.137. The molecule has 0 saturated carbocycles. The molecular formula is C31H23F4N3O2. The molecule has 5 aromatic rings. The summed E-state index contributed by atoms with van der Waals surface area (Å²) in [7, 11) is 0. The molecule has 5 rings (SSSR count). The third-order valence-electron chi connectivity index (χ3n) is 6.62. The number of alkyl halides is 3. The van der Waals surface area contributed by atoms with Gasteiger partial charge in [0.15, 0.2) is 0 Å². The number of para-hydroxylation sites is 1. The first kappa shape index (κ1) is 26.8. The van der Waals surface area contributed by atoms with Gasteiger partial charge in [-0.15, -0.1) is 0 Å². The molecule has 0 saturated heterocycles. The van der Waals surface area contributed by atoms with E-state index in [9.17, 15) is 27.2 Å². The number of benzene rings is 4. The van der Waals surface area contributed by atoms with E-state index in [0.29, 0.717) is 16.6 Å². The quantitative estimate of drug-likeness (QED) is 0.217. The zero-order chi connectivity index (χ0) is 28.4. The highest BCUT2D eigenvalue weighted by Crippen LogP contribution is 2.31. The van der Waals surface area contributed by atoms with Crippen LogP contribution in [0.1, 0.15) is 40.3 Å². The fourth-order valence-electron chi connectivity index (χ4n) is 4.57. The van der Waals surface area contributed by atoms with Crippen LogP contribution in [0.25, 0.3) is 16.6 Å². The maximum absolute atomic E-state index is 13.9. The van der Waals surface area contributed by atoms with E-state index in [2.05, 4.69) is 0 Å². The van der Waals surface area contributed by atoms with Crippen molar-refractivity contribution >= 4 is 16.8 Å². The Labute approximate surface area is 227 Å². The van der Waals surface area contributed by atoms with Crippen LogP contribution in [-0.2, 0) is 12.7 Å². The molecule has 1 aromatic heterocycles. The molecule has 202 valence electrons. The van der Waals surface area contributed by atoms with E-state index in [1.165, 1.54) is 45.9 Å². The van der Waals surface area contributed by atoms with Crippen LogP contribution in [0.2, 0.25) is 0 Å². The highest BCUT2D eigenvalue weighted by atomic mass is 19.4. The van der Waals surface area contributed by atoms with Gasteiger partial charge in [0.05, 0.1) is 28.2 Å². The average Bonchev–Trinajstić information content (AvgIpc) is 2.96. The predicted molar refractivity (Wildman–Crippen MR) is 143 cm³/mol. The SMILES string of the molecule is CC(c1nc2ccccc2c(=O)n1-c1ccc(F)cc1)N(Cc1ccccc1)C(=O)c1cccc(C(F)(F)F)c1. The van der Waals surface area contributed by atoms with Crippen molar-refractivity contribution in [3.05, 3.63) is 142 Å². The lowest BCUT2D eigenvalue weighted by atomic mass is 10.1. The molecule has 1 unspecified atom stereocenters. The summed E-state index contributed by atoms with van der Waals surface area (Å²) in [4.78, 5) is 33.7. The van der Waals surface area contributed by atoms with E-state index in [4.69, 9.17) is 4.98 Å². The zero-order valence-corrected chi connectivity index (χ0v) is 21.3. The van der Waals surface area contributed by atoms with E-state index in [1.54, 1.807) is 55.5 Å². The van der Waals surface area contributed by atoms with Gasteiger partial charge in [0, 0.05) is 12.1 Å². The van der Waals surface area contributed by atoms with Crippen molar-refractivity contribution in [3.8, 4) is 5.69 Å². The fraction of sp³-hybridized carbons (Fsp3) is 0.129. The van der Waals surface area contributed by atoms with Crippen molar-refractivity contribution in [1.29, 1.82) is 0 Å². The van der Waals surface area contributed by atoms with Crippen molar-refractivity contribution in [2.45, 2.75) is 25.7 Å². The summed E-state index contributed by atoms with van der Waals surface area (Å²) >= 11 is 0. The Kier molecular flexibility index (Phi) is 7.21. The molecule has 0 aliphatic heterocycles. The Morgan fingerprint density at radius 1 is 0.900 bits per heavy atom. The number of carbonyl (C=O) groups is 1. The molecule has 0 aliphatic rings. The minimum Gasteiger partial charge on any atom is -0.324 e. The second kappa shape index (κ2) is 10.8. The van der Waals surface area contributed by atoms with Gasteiger partial charge in [-0.25, -0.2) is 9.37 Å². The number of aromatic nitrogens is 2. The number of carbonyl (C=O) groups excluding carboxylic acids is 1. The number of amides is 1. The zero-order valence-electron chi connectivity index (χ0n) is 21.3. The Bertz CT molecular complexity index is 1730. The Morgan fingerprint density at radius 2 is 1.57 bits per heavy atom. The summed E-state index contributed by atoms with van der Waals surface area (Å²) in [6.07, 6.45) is -4.63. The summed E-state index contributed by atoms with van der Waals surface area (Å²) in [6.45, 7) is 1.69. The van der Waals surface area contributed by atoms with Gasteiger partial charge in [-0.3, -0.25) is 14.2 Å². The summed E-state index contributed by atoms with van der Waals surface area (Å²) < 4.78 is 55.5. The van der Waals surface area contributed by atoms with Crippen molar-refractivity contribution in [2.75, 3.05) is 0 Å². The van der Waals surface area contributed by atoms with E-state index < -0.39 is 35.1 Å². The van der Waals surface area contributed by atoms with E-state index in [-0.39, 0.29) is 17.9 Å². The van der Waals surface area contributed by atoms with Crippen molar-refractivity contribution in [2.24, 2.45) is 0 Å². The summed E-state index contributed by atoms with van der Waals surface area (Å²) in [6, 6.07) is 24.3. The normalized spacial score (nSPS) is 12.3. The smallest absolute Gasteiger partial charge is 0.324 e. The molecule has 9 heteroatoms.